The molecule has 1 fully saturated rings. The molecule has 18 heavy (non-hydrogen) atoms. The molecule has 1 amide bonds. The molecule has 98 valence electrons. The highest BCUT2D eigenvalue weighted by atomic mass is 19.3. The summed E-state index contributed by atoms with van der Waals surface area (Å²) < 4.78 is 36.3. The number of hydrogen-bond donors (Lipinski definition) is 2. The molecule has 1 aromatic carbocycles. The Morgan fingerprint density at radius 3 is 2.89 bits per heavy atom. The van der Waals surface area contributed by atoms with Crippen LogP contribution in [-0.2, 0) is 4.74 Å². The van der Waals surface area contributed by atoms with E-state index in [1.165, 1.54) is 25.3 Å². The smallest absolute Gasteiger partial charge is 0.408 e. The van der Waals surface area contributed by atoms with Crippen molar-refractivity contribution in [2.24, 2.45) is 0 Å². The van der Waals surface area contributed by atoms with Gasteiger partial charge >= 0.3 is 12.0 Å². The van der Waals surface area contributed by atoms with Crippen LogP contribution in [-0.4, -0.2) is 30.8 Å². The fraction of sp³-hybridized carbons (Fsp3) is 0.364. The summed E-state index contributed by atoms with van der Waals surface area (Å²) in [6, 6.07) is 2.28. The molecular weight excluding hydrogens is 248 g/mol. The number of alkyl carbamates (subject to hydrolysis) is 1. The fourth-order valence-electron chi connectivity index (χ4n) is 1.71. The number of methoxy groups -OCH3 is 1. The molecule has 2 N–H and O–H groups in total. The number of hydrogen-bond acceptors (Lipinski definition) is 4. The van der Waals surface area contributed by atoms with Crippen LogP contribution >= 0.6 is 0 Å². The van der Waals surface area contributed by atoms with E-state index in [1.807, 2.05) is 5.32 Å². The second-order valence-corrected chi connectivity index (χ2v) is 3.84. The van der Waals surface area contributed by atoms with Gasteiger partial charge in [-0.1, -0.05) is 0 Å². The van der Waals surface area contributed by atoms with Crippen molar-refractivity contribution in [2.45, 2.75) is 12.0 Å². The molecular formula is C11H11F2NO4. The summed E-state index contributed by atoms with van der Waals surface area (Å²) in [7, 11) is 1.39. The molecule has 5 nitrogen and oxygen atoms in total. The van der Waals surface area contributed by atoms with E-state index in [-0.39, 0.29) is 11.3 Å². The highest BCUT2D eigenvalue weighted by Crippen LogP contribution is 2.39. The average Bonchev–Trinajstić information content (AvgIpc) is 2.32. The molecule has 0 aromatic heterocycles. The average molecular weight is 259 g/mol. The zero-order chi connectivity index (χ0) is 13.3. The molecule has 0 radical (unpaired) electrons. The minimum atomic E-state index is -3.29. The van der Waals surface area contributed by atoms with E-state index in [9.17, 15) is 18.7 Å². The Hall–Kier alpha value is -2.05. The van der Waals surface area contributed by atoms with E-state index in [2.05, 4.69) is 4.74 Å². The van der Waals surface area contributed by atoms with Crippen molar-refractivity contribution in [3.05, 3.63) is 23.8 Å². The highest BCUT2D eigenvalue weighted by molar-refractivity contribution is 5.69. The van der Waals surface area contributed by atoms with Crippen LogP contribution in [0.15, 0.2) is 18.2 Å². The maximum atomic E-state index is 13.6. The first-order chi connectivity index (χ1) is 8.44. The third kappa shape index (κ3) is 2.15. The molecule has 2 rings (SSSR count). The van der Waals surface area contributed by atoms with Gasteiger partial charge in [-0.25, -0.2) is 13.6 Å². The Morgan fingerprint density at radius 1 is 1.56 bits per heavy atom. The van der Waals surface area contributed by atoms with Crippen LogP contribution in [0.3, 0.4) is 0 Å². The van der Waals surface area contributed by atoms with E-state index < -0.39 is 24.7 Å². The van der Waals surface area contributed by atoms with Gasteiger partial charge in [0.05, 0.1) is 7.11 Å². The third-order valence-electron chi connectivity index (χ3n) is 2.63. The number of phenolic OH excluding ortho intramolecular Hbond substituents is 1. The van der Waals surface area contributed by atoms with Crippen molar-refractivity contribution < 1.29 is 28.2 Å². The number of alkyl halides is 2. The first kappa shape index (κ1) is 12.4. The number of ether oxygens (including phenoxy) is 2. The van der Waals surface area contributed by atoms with Crippen molar-refractivity contribution in [3.8, 4) is 11.5 Å². The van der Waals surface area contributed by atoms with E-state index in [1.54, 1.807) is 0 Å². The zero-order valence-corrected chi connectivity index (χ0v) is 9.44. The van der Waals surface area contributed by atoms with Crippen molar-refractivity contribution >= 4 is 6.09 Å². The molecule has 0 bridgehead atoms. The van der Waals surface area contributed by atoms with Crippen LogP contribution in [0.2, 0.25) is 0 Å². The van der Waals surface area contributed by atoms with Gasteiger partial charge in [0.15, 0.2) is 6.61 Å². The monoisotopic (exact) mass is 259 g/mol. The predicted octanol–water partition coefficient (Wildman–Crippen LogP) is 1.82. The summed E-state index contributed by atoms with van der Waals surface area (Å²) in [6.07, 6.45) is -0.943. The lowest BCUT2D eigenvalue weighted by molar-refractivity contribution is -0.104. The topological polar surface area (TPSA) is 67.8 Å². The van der Waals surface area contributed by atoms with E-state index in [0.717, 1.165) is 0 Å². The highest BCUT2D eigenvalue weighted by Gasteiger charge is 2.47. The molecule has 0 aliphatic carbocycles. The fourth-order valence-corrected chi connectivity index (χ4v) is 1.71. The molecule has 0 spiro atoms. The van der Waals surface area contributed by atoms with Gasteiger partial charge in [0.25, 0.3) is 0 Å². The second-order valence-electron chi connectivity index (χ2n) is 3.84. The number of cyclic esters (lactones) is 1. The summed E-state index contributed by atoms with van der Waals surface area (Å²) in [5.74, 6) is -3.33. The predicted molar refractivity (Wildman–Crippen MR) is 56.8 cm³/mol. The van der Waals surface area contributed by atoms with Gasteiger partial charge in [0.1, 0.15) is 17.5 Å². The summed E-state index contributed by atoms with van der Waals surface area (Å²) in [4.78, 5) is 11.0. The summed E-state index contributed by atoms with van der Waals surface area (Å²) in [5.41, 5.74) is -0.0857. The standard InChI is InChI=1S/C11H11F2NO4/c1-17-6-2-3-7(8(15)4-6)9-11(12,13)5-18-10(16)14-9/h2-4,9,15H,5H2,1H3,(H,14,16)/t9-/m0/s1. The lowest BCUT2D eigenvalue weighted by Gasteiger charge is -2.32. The first-order valence-corrected chi connectivity index (χ1v) is 5.12. The van der Waals surface area contributed by atoms with E-state index in [0.29, 0.717) is 5.75 Å². The molecule has 7 heteroatoms. The Kier molecular flexibility index (Phi) is 2.98. The molecule has 1 heterocycles. The zero-order valence-electron chi connectivity index (χ0n) is 9.44. The van der Waals surface area contributed by atoms with Gasteiger partial charge in [-0.05, 0) is 12.1 Å². The molecule has 0 unspecified atom stereocenters. The normalized spacial score (nSPS) is 21.9. The van der Waals surface area contributed by atoms with Crippen molar-refractivity contribution in [1.82, 2.24) is 5.32 Å². The minimum absolute atomic E-state index is 0.0857. The minimum Gasteiger partial charge on any atom is -0.507 e. The maximum absolute atomic E-state index is 13.6. The van der Waals surface area contributed by atoms with Crippen molar-refractivity contribution in [1.29, 1.82) is 0 Å². The quantitative estimate of drug-likeness (QED) is 0.850. The van der Waals surface area contributed by atoms with Crippen molar-refractivity contribution in [2.75, 3.05) is 13.7 Å². The molecule has 1 aliphatic heterocycles. The maximum Gasteiger partial charge on any atom is 0.408 e. The summed E-state index contributed by atoms with van der Waals surface area (Å²) >= 11 is 0. The number of carbonyl (C=O) groups is 1. The molecule has 1 aliphatic rings. The lowest BCUT2D eigenvalue weighted by atomic mass is 9.99. The van der Waals surface area contributed by atoms with Gasteiger partial charge in [0, 0.05) is 11.6 Å². The van der Waals surface area contributed by atoms with Crippen LogP contribution in [0.1, 0.15) is 11.6 Å². The van der Waals surface area contributed by atoms with Crippen LogP contribution in [0.5, 0.6) is 11.5 Å². The number of nitrogens with one attached hydrogen (secondary N) is 1. The van der Waals surface area contributed by atoms with Gasteiger partial charge in [-0.2, -0.15) is 0 Å². The Bertz CT molecular complexity index is 478. The number of amides is 1. The number of benzene rings is 1. The van der Waals surface area contributed by atoms with E-state index in [4.69, 9.17) is 4.74 Å². The van der Waals surface area contributed by atoms with Crippen LogP contribution in [0.25, 0.3) is 0 Å². The van der Waals surface area contributed by atoms with E-state index >= 15 is 0 Å². The third-order valence-corrected chi connectivity index (χ3v) is 2.63. The summed E-state index contributed by atoms with van der Waals surface area (Å²) in [6.45, 7) is -1.02. The Morgan fingerprint density at radius 2 is 2.28 bits per heavy atom. The number of phenols is 1. The second kappa shape index (κ2) is 4.32. The SMILES string of the molecule is COc1ccc([C@@H]2NC(=O)OCC2(F)F)c(O)c1. The van der Waals surface area contributed by atoms with Gasteiger partial charge < -0.3 is 19.9 Å². The van der Waals surface area contributed by atoms with Gasteiger partial charge in [0.2, 0.25) is 0 Å². The van der Waals surface area contributed by atoms with Crippen molar-refractivity contribution in [3.63, 3.8) is 0 Å². The molecule has 1 aromatic rings. The lowest BCUT2D eigenvalue weighted by Crippen LogP contribution is -2.49. The Balaban J connectivity index is 2.37. The Labute approximate surface area is 101 Å². The first-order valence-electron chi connectivity index (χ1n) is 5.12. The summed E-state index contributed by atoms with van der Waals surface area (Å²) in [5, 5.41) is 11.7. The number of halogens is 2. The molecule has 1 saturated heterocycles. The van der Waals surface area contributed by atoms with Crippen LogP contribution in [0, 0.1) is 0 Å². The number of aromatic hydroxyl groups is 1. The molecule has 0 saturated carbocycles. The van der Waals surface area contributed by atoms with Crippen LogP contribution in [0.4, 0.5) is 13.6 Å². The number of rotatable bonds is 2. The number of carbonyl (C=O) groups excluding carboxylic acids is 1. The van der Waals surface area contributed by atoms with Gasteiger partial charge in [-0.3, -0.25) is 0 Å². The molecule has 1 atom stereocenters. The van der Waals surface area contributed by atoms with Gasteiger partial charge in [-0.15, -0.1) is 0 Å². The van der Waals surface area contributed by atoms with Crippen LogP contribution < -0.4 is 10.1 Å². The largest absolute Gasteiger partial charge is 0.507 e.